The second-order valence-electron chi connectivity index (χ2n) is 6.58. The first-order chi connectivity index (χ1) is 13.7. The molecule has 2 aromatic heterocycles. The van der Waals surface area contributed by atoms with E-state index >= 15 is 0 Å². The highest BCUT2D eigenvalue weighted by molar-refractivity contribution is 7.17. The normalized spacial score (nSPS) is 16.1. The van der Waals surface area contributed by atoms with Crippen LogP contribution in [0.1, 0.15) is 28.2 Å². The molecule has 1 N–H and O–H groups in total. The molecule has 28 heavy (non-hydrogen) atoms. The van der Waals surface area contributed by atoms with E-state index in [0.29, 0.717) is 28.6 Å². The third-order valence-corrected chi connectivity index (χ3v) is 5.62. The summed E-state index contributed by atoms with van der Waals surface area (Å²) in [7, 11) is 0. The zero-order valence-electron chi connectivity index (χ0n) is 15.6. The van der Waals surface area contributed by atoms with Gasteiger partial charge in [-0.05, 0) is 44.0 Å². The van der Waals surface area contributed by atoms with Crippen LogP contribution in [0.15, 0.2) is 48.7 Å². The fourth-order valence-corrected chi connectivity index (χ4v) is 3.96. The van der Waals surface area contributed by atoms with Crippen molar-refractivity contribution in [3.8, 4) is 16.5 Å². The van der Waals surface area contributed by atoms with E-state index in [1.165, 1.54) is 11.3 Å². The zero-order valence-corrected chi connectivity index (χ0v) is 16.4. The number of aromatic nitrogens is 2. The van der Waals surface area contributed by atoms with Crippen LogP contribution in [0.5, 0.6) is 5.75 Å². The Balaban J connectivity index is 1.43. The van der Waals surface area contributed by atoms with Crippen molar-refractivity contribution in [1.82, 2.24) is 9.97 Å². The Morgan fingerprint density at radius 3 is 3.04 bits per heavy atom. The molecule has 0 radical (unpaired) electrons. The number of benzene rings is 1. The number of nitrogens with one attached hydrogen (secondary N) is 1. The Kier molecular flexibility index (Phi) is 5.64. The molecule has 0 spiro atoms. The molecule has 6 nitrogen and oxygen atoms in total. The molecule has 1 atom stereocenters. The van der Waals surface area contributed by atoms with Crippen LogP contribution in [0.3, 0.4) is 0 Å². The summed E-state index contributed by atoms with van der Waals surface area (Å²) < 4.78 is 11.4. The average molecular weight is 395 g/mol. The van der Waals surface area contributed by atoms with Crippen molar-refractivity contribution in [2.24, 2.45) is 0 Å². The smallest absolute Gasteiger partial charge is 0.267 e. The fourth-order valence-electron chi connectivity index (χ4n) is 3.02. The third kappa shape index (κ3) is 4.37. The van der Waals surface area contributed by atoms with Crippen LogP contribution in [0.2, 0.25) is 0 Å². The molecule has 144 valence electrons. The van der Waals surface area contributed by atoms with Crippen LogP contribution < -0.4 is 10.1 Å². The zero-order chi connectivity index (χ0) is 19.3. The van der Waals surface area contributed by atoms with Crippen LogP contribution in [-0.2, 0) is 4.74 Å². The lowest BCUT2D eigenvalue weighted by Crippen LogP contribution is -2.16. The summed E-state index contributed by atoms with van der Waals surface area (Å²) in [5.74, 6) is 0.525. The minimum atomic E-state index is -0.187. The summed E-state index contributed by atoms with van der Waals surface area (Å²) >= 11 is 1.34. The van der Waals surface area contributed by atoms with Crippen molar-refractivity contribution < 1.29 is 14.3 Å². The number of carbonyl (C=O) groups is 1. The molecule has 3 heterocycles. The highest BCUT2D eigenvalue weighted by Crippen LogP contribution is 2.27. The molecule has 1 amide bonds. The summed E-state index contributed by atoms with van der Waals surface area (Å²) in [4.78, 5) is 22.1. The molecule has 1 aliphatic rings. The van der Waals surface area contributed by atoms with E-state index in [4.69, 9.17) is 9.47 Å². The van der Waals surface area contributed by atoms with E-state index in [0.717, 1.165) is 30.2 Å². The van der Waals surface area contributed by atoms with Gasteiger partial charge in [-0.25, -0.2) is 4.98 Å². The molecular weight excluding hydrogens is 374 g/mol. The van der Waals surface area contributed by atoms with Crippen molar-refractivity contribution in [3.63, 3.8) is 0 Å². The lowest BCUT2D eigenvalue weighted by molar-refractivity contribution is 0.0680. The summed E-state index contributed by atoms with van der Waals surface area (Å²) in [5, 5.41) is 3.67. The topological polar surface area (TPSA) is 73.3 Å². The van der Waals surface area contributed by atoms with Crippen LogP contribution in [-0.4, -0.2) is 35.2 Å². The summed E-state index contributed by atoms with van der Waals surface area (Å²) in [6.07, 6.45) is 3.98. The standard InChI is InChI=1S/C21H21N3O3S/c1-14-19(28-21(23-14)18-9-2-3-10-22-18)20(25)24-15-6-4-7-16(12-15)27-13-17-8-5-11-26-17/h2-4,6-7,9-10,12,17H,5,8,11,13H2,1H3,(H,24,25). The second-order valence-corrected chi connectivity index (χ2v) is 7.58. The maximum atomic E-state index is 12.7. The minimum Gasteiger partial charge on any atom is -0.491 e. The maximum Gasteiger partial charge on any atom is 0.267 e. The number of hydrogen-bond donors (Lipinski definition) is 1. The lowest BCUT2D eigenvalue weighted by atomic mass is 10.2. The Labute approximate surface area is 167 Å². The summed E-state index contributed by atoms with van der Waals surface area (Å²) in [6.45, 7) is 3.16. The van der Waals surface area contributed by atoms with E-state index in [2.05, 4.69) is 15.3 Å². The monoisotopic (exact) mass is 395 g/mol. The number of nitrogens with zero attached hydrogens (tertiary/aromatic N) is 2. The maximum absolute atomic E-state index is 12.7. The first-order valence-corrected chi connectivity index (χ1v) is 10.1. The van der Waals surface area contributed by atoms with E-state index < -0.39 is 0 Å². The molecule has 3 aromatic rings. The molecule has 1 saturated heterocycles. The molecule has 0 bridgehead atoms. The molecule has 7 heteroatoms. The van der Waals surface area contributed by atoms with Gasteiger partial charge in [-0.2, -0.15) is 0 Å². The van der Waals surface area contributed by atoms with Crippen molar-refractivity contribution in [2.75, 3.05) is 18.5 Å². The Morgan fingerprint density at radius 2 is 2.25 bits per heavy atom. The first-order valence-electron chi connectivity index (χ1n) is 9.24. The molecule has 0 aliphatic carbocycles. The largest absolute Gasteiger partial charge is 0.491 e. The number of amides is 1. The molecule has 4 rings (SSSR count). The van der Waals surface area contributed by atoms with E-state index in [-0.39, 0.29) is 12.0 Å². The number of aryl methyl sites for hydroxylation is 1. The minimum absolute atomic E-state index is 0.156. The molecular formula is C21H21N3O3S. The van der Waals surface area contributed by atoms with Gasteiger partial charge >= 0.3 is 0 Å². The first kappa shape index (κ1) is 18.6. The lowest BCUT2D eigenvalue weighted by Gasteiger charge is -2.12. The van der Waals surface area contributed by atoms with Gasteiger partial charge in [0.05, 0.1) is 17.5 Å². The van der Waals surface area contributed by atoms with Crippen LogP contribution >= 0.6 is 11.3 Å². The Bertz CT molecular complexity index is 953. The van der Waals surface area contributed by atoms with Gasteiger partial charge in [0.1, 0.15) is 22.2 Å². The van der Waals surface area contributed by atoms with Gasteiger partial charge in [-0.3, -0.25) is 9.78 Å². The molecule has 1 aromatic carbocycles. The van der Waals surface area contributed by atoms with Gasteiger partial charge in [0.15, 0.2) is 0 Å². The van der Waals surface area contributed by atoms with Crippen molar-refractivity contribution >= 4 is 22.9 Å². The number of rotatable bonds is 6. The number of anilines is 1. The van der Waals surface area contributed by atoms with Gasteiger partial charge in [0, 0.05) is 24.6 Å². The summed E-state index contributed by atoms with van der Waals surface area (Å²) in [6, 6.07) is 13.0. The molecule has 0 saturated carbocycles. The van der Waals surface area contributed by atoms with Gasteiger partial charge in [0.25, 0.3) is 5.91 Å². The predicted molar refractivity (Wildman–Crippen MR) is 109 cm³/mol. The number of hydrogen-bond acceptors (Lipinski definition) is 6. The molecule has 1 aliphatic heterocycles. The van der Waals surface area contributed by atoms with Gasteiger partial charge < -0.3 is 14.8 Å². The number of thiazole rings is 1. The molecule has 1 fully saturated rings. The van der Waals surface area contributed by atoms with Crippen LogP contribution in [0.4, 0.5) is 5.69 Å². The van der Waals surface area contributed by atoms with E-state index in [1.54, 1.807) is 6.20 Å². The summed E-state index contributed by atoms with van der Waals surface area (Å²) in [5.41, 5.74) is 2.13. The Morgan fingerprint density at radius 1 is 1.32 bits per heavy atom. The van der Waals surface area contributed by atoms with Gasteiger partial charge in [0.2, 0.25) is 0 Å². The van der Waals surface area contributed by atoms with Crippen LogP contribution in [0, 0.1) is 6.92 Å². The van der Waals surface area contributed by atoms with Gasteiger partial charge in [-0.1, -0.05) is 12.1 Å². The van der Waals surface area contributed by atoms with Crippen molar-refractivity contribution in [2.45, 2.75) is 25.9 Å². The molecule has 1 unspecified atom stereocenters. The van der Waals surface area contributed by atoms with Crippen LogP contribution in [0.25, 0.3) is 10.7 Å². The van der Waals surface area contributed by atoms with Crippen molar-refractivity contribution in [3.05, 3.63) is 59.2 Å². The SMILES string of the molecule is Cc1nc(-c2ccccn2)sc1C(=O)Nc1cccc(OCC2CCCO2)c1. The number of carbonyl (C=O) groups excluding carboxylic acids is 1. The van der Waals surface area contributed by atoms with Gasteiger partial charge in [-0.15, -0.1) is 11.3 Å². The Hall–Kier alpha value is -2.77. The van der Waals surface area contributed by atoms with E-state index in [1.807, 2.05) is 49.4 Å². The highest BCUT2D eigenvalue weighted by atomic mass is 32.1. The number of ether oxygens (including phenoxy) is 2. The predicted octanol–water partition coefficient (Wildman–Crippen LogP) is 4.32. The van der Waals surface area contributed by atoms with E-state index in [9.17, 15) is 4.79 Å². The fraction of sp³-hybridized carbons (Fsp3) is 0.286. The highest BCUT2D eigenvalue weighted by Gasteiger charge is 2.18. The third-order valence-electron chi connectivity index (χ3n) is 4.44. The average Bonchev–Trinajstić information content (AvgIpc) is 3.37. The van der Waals surface area contributed by atoms with Crippen molar-refractivity contribution in [1.29, 1.82) is 0 Å². The quantitative estimate of drug-likeness (QED) is 0.673. The second kappa shape index (κ2) is 8.50. The number of pyridine rings is 1.